The van der Waals surface area contributed by atoms with E-state index < -0.39 is 0 Å². The molecular formula is C10H11ClN2S. The molecule has 4 heteroatoms. The molecule has 0 unspecified atom stereocenters. The van der Waals surface area contributed by atoms with Crippen molar-refractivity contribution in [3.05, 3.63) is 28.5 Å². The molecule has 1 heterocycles. The zero-order valence-electron chi connectivity index (χ0n) is 8.02. The topological polar surface area (TPSA) is 31.6 Å². The van der Waals surface area contributed by atoms with Crippen molar-refractivity contribution in [1.82, 2.24) is 9.97 Å². The summed E-state index contributed by atoms with van der Waals surface area (Å²) in [6, 6.07) is 6.02. The highest BCUT2D eigenvalue weighted by atomic mass is 35.5. The smallest absolute Gasteiger partial charge is 0.175 e. The van der Waals surface area contributed by atoms with Crippen LogP contribution in [-0.4, -0.2) is 9.97 Å². The number of rotatable bonds is 1. The maximum absolute atomic E-state index is 6.22. The molecule has 74 valence electrons. The van der Waals surface area contributed by atoms with Crippen LogP contribution in [0.15, 0.2) is 18.2 Å². The number of aromatic amines is 2. The Morgan fingerprint density at radius 1 is 1.21 bits per heavy atom. The van der Waals surface area contributed by atoms with Crippen molar-refractivity contribution in [3.8, 4) is 0 Å². The van der Waals surface area contributed by atoms with Gasteiger partial charge in [0.15, 0.2) is 4.77 Å². The molecule has 0 fully saturated rings. The summed E-state index contributed by atoms with van der Waals surface area (Å²) < 4.78 is 0.643. The number of hydrogen-bond acceptors (Lipinski definition) is 1. The molecule has 2 N–H and O–H groups in total. The normalized spacial score (nSPS) is 12.2. The predicted molar refractivity (Wildman–Crippen MR) is 62.4 cm³/mol. The number of nitrogens with one attached hydrogen (secondary N) is 2. The SMILES string of the molecule is CC(C)(Cl)c1ccc2[nH]c(=S)[nH]c2c1. The summed E-state index contributed by atoms with van der Waals surface area (Å²) in [4.78, 5) is 5.78. The van der Waals surface area contributed by atoms with Crippen molar-refractivity contribution in [3.63, 3.8) is 0 Å². The Morgan fingerprint density at radius 3 is 2.50 bits per heavy atom. The maximum Gasteiger partial charge on any atom is 0.175 e. The summed E-state index contributed by atoms with van der Waals surface area (Å²) in [5, 5.41) is 0. The first kappa shape index (κ1) is 9.74. The Balaban J connectivity index is 2.67. The van der Waals surface area contributed by atoms with Crippen molar-refractivity contribution in [1.29, 1.82) is 0 Å². The number of benzene rings is 1. The highest BCUT2D eigenvalue weighted by Gasteiger charge is 2.16. The number of halogens is 1. The van der Waals surface area contributed by atoms with Crippen LogP contribution in [0.25, 0.3) is 11.0 Å². The van der Waals surface area contributed by atoms with Gasteiger partial charge >= 0.3 is 0 Å². The summed E-state index contributed by atoms with van der Waals surface area (Å²) >= 11 is 11.2. The van der Waals surface area contributed by atoms with Crippen molar-refractivity contribution >= 4 is 34.9 Å². The van der Waals surface area contributed by atoms with Crippen LogP contribution in [0.2, 0.25) is 0 Å². The lowest BCUT2D eigenvalue weighted by atomic mass is 10.0. The van der Waals surface area contributed by atoms with Gasteiger partial charge in [0.05, 0.1) is 15.9 Å². The average molecular weight is 227 g/mol. The van der Waals surface area contributed by atoms with Crippen LogP contribution in [0, 0.1) is 4.77 Å². The van der Waals surface area contributed by atoms with Gasteiger partial charge in [0.25, 0.3) is 0 Å². The number of aromatic nitrogens is 2. The summed E-state index contributed by atoms with van der Waals surface area (Å²) in [7, 11) is 0. The Labute approximate surface area is 92.3 Å². The van der Waals surface area contributed by atoms with Gasteiger partial charge in [-0.1, -0.05) is 6.07 Å². The zero-order valence-corrected chi connectivity index (χ0v) is 9.59. The molecule has 0 saturated carbocycles. The van der Waals surface area contributed by atoms with Crippen molar-refractivity contribution < 1.29 is 0 Å². The molecule has 2 nitrogen and oxygen atoms in total. The predicted octanol–water partition coefficient (Wildman–Crippen LogP) is 3.70. The molecular weight excluding hydrogens is 216 g/mol. The maximum atomic E-state index is 6.22. The summed E-state index contributed by atoms with van der Waals surface area (Å²) in [6.07, 6.45) is 0. The van der Waals surface area contributed by atoms with Gasteiger partial charge in [0.2, 0.25) is 0 Å². The molecule has 0 atom stereocenters. The molecule has 0 amide bonds. The second-order valence-corrected chi connectivity index (χ2v) is 5.17. The van der Waals surface area contributed by atoms with Gasteiger partial charge in [-0.25, -0.2) is 0 Å². The van der Waals surface area contributed by atoms with Crippen molar-refractivity contribution in [2.24, 2.45) is 0 Å². The van der Waals surface area contributed by atoms with E-state index in [1.165, 1.54) is 0 Å². The highest BCUT2D eigenvalue weighted by molar-refractivity contribution is 7.71. The average Bonchev–Trinajstić information content (AvgIpc) is 2.41. The number of H-pyrrole nitrogens is 2. The van der Waals surface area contributed by atoms with E-state index in [2.05, 4.69) is 9.97 Å². The third-order valence-corrected chi connectivity index (χ3v) is 2.62. The van der Waals surface area contributed by atoms with Gasteiger partial charge in [0, 0.05) is 0 Å². The number of hydrogen-bond donors (Lipinski definition) is 2. The van der Waals surface area contributed by atoms with Crippen LogP contribution in [0.1, 0.15) is 19.4 Å². The third kappa shape index (κ3) is 1.70. The molecule has 0 radical (unpaired) electrons. The van der Waals surface area contributed by atoms with Gasteiger partial charge in [-0.3, -0.25) is 0 Å². The number of imidazole rings is 1. The van der Waals surface area contributed by atoms with E-state index in [1.54, 1.807) is 0 Å². The van der Waals surface area contributed by atoms with E-state index in [0.717, 1.165) is 16.6 Å². The van der Waals surface area contributed by atoms with Gasteiger partial charge in [-0.05, 0) is 43.8 Å². The fraction of sp³-hybridized carbons (Fsp3) is 0.300. The molecule has 0 bridgehead atoms. The Hall–Kier alpha value is -0.800. The van der Waals surface area contributed by atoms with E-state index >= 15 is 0 Å². The fourth-order valence-corrected chi connectivity index (χ4v) is 1.74. The van der Waals surface area contributed by atoms with Gasteiger partial charge in [-0.15, -0.1) is 11.6 Å². The molecule has 2 rings (SSSR count). The monoisotopic (exact) mass is 226 g/mol. The molecule has 0 aliphatic heterocycles. The van der Waals surface area contributed by atoms with Crippen LogP contribution >= 0.6 is 23.8 Å². The lowest BCUT2D eigenvalue weighted by Gasteiger charge is -2.15. The summed E-state index contributed by atoms with van der Waals surface area (Å²) in [6.45, 7) is 3.94. The third-order valence-electron chi connectivity index (χ3n) is 2.20. The largest absolute Gasteiger partial charge is 0.331 e. The van der Waals surface area contributed by atoms with E-state index in [1.807, 2.05) is 32.0 Å². The quantitative estimate of drug-likeness (QED) is 0.564. The number of fused-ring (bicyclic) bond motifs is 1. The van der Waals surface area contributed by atoms with Crippen LogP contribution in [-0.2, 0) is 4.87 Å². The van der Waals surface area contributed by atoms with E-state index in [4.69, 9.17) is 23.8 Å². The minimum Gasteiger partial charge on any atom is -0.331 e. The molecule has 0 saturated heterocycles. The Morgan fingerprint density at radius 2 is 1.86 bits per heavy atom. The first-order chi connectivity index (χ1) is 6.47. The van der Waals surface area contributed by atoms with Crippen molar-refractivity contribution in [2.75, 3.05) is 0 Å². The summed E-state index contributed by atoms with van der Waals surface area (Å²) in [5.41, 5.74) is 3.10. The second-order valence-electron chi connectivity index (χ2n) is 3.81. The zero-order chi connectivity index (χ0) is 10.3. The fourth-order valence-electron chi connectivity index (χ4n) is 1.40. The summed E-state index contributed by atoms with van der Waals surface area (Å²) in [5.74, 6) is 0. The van der Waals surface area contributed by atoms with Gasteiger partial charge in [0.1, 0.15) is 0 Å². The lowest BCUT2D eigenvalue weighted by molar-refractivity contribution is 0.767. The Bertz CT molecular complexity index is 519. The van der Waals surface area contributed by atoms with E-state index in [0.29, 0.717) is 4.77 Å². The van der Waals surface area contributed by atoms with Crippen LogP contribution in [0.3, 0.4) is 0 Å². The highest BCUT2D eigenvalue weighted by Crippen LogP contribution is 2.29. The van der Waals surface area contributed by atoms with Gasteiger partial charge < -0.3 is 9.97 Å². The van der Waals surface area contributed by atoms with E-state index in [-0.39, 0.29) is 4.87 Å². The van der Waals surface area contributed by atoms with Crippen LogP contribution < -0.4 is 0 Å². The molecule has 1 aromatic heterocycles. The van der Waals surface area contributed by atoms with Gasteiger partial charge in [-0.2, -0.15) is 0 Å². The first-order valence-corrected chi connectivity index (χ1v) is 5.17. The molecule has 0 spiro atoms. The molecule has 0 aliphatic rings. The Kier molecular flexibility index (Phi) is 2.16. The molecule has 2 aromatic rings. The lowest BCUT2D eigenvalue weighted by Crippen LogP contribution is -2.06. The number of alkyl halides is 1. The minimum absolute atomic E-state index is 0.346. The van der Waals surface area contributed by atoms with Crippen LogP contribution in [0.4, 0.5) is 0 Å². The molecule has 1 aromatic carbocycles. The minimum atomic E-state index is -0.346. The first-order valence-electron chi connectivity index (χ1n) is 4.38. The van der Waals surface area contributed by atoms with E-state index in [9.17, 15) is 0 Å². The van der Waals surface area contributed by atoms with Crippen LogP contribution in [0.5, 0.6) is 0 Å². The molecule has 0 aliphatic carbocycles. The second kappa shape index (κ2) is 3.11. The van der Waals surface area contributed by atoms with Crippen molar-refractivity contribution in [2.45, 2.75) is 18.7 Å². The standard InChI is InChI=1S/C10H11ClN2S/c1-10(2,11)6-3-4-7-8(5-6)13-9(14)12-7/h3-5H,1-2H3,(H2,12,13,14). The molecule has 14 heavy (non-hydrogen) atoms.